The minimum atomic E-state index is -0.575. The lowest BCUT2D eigenvalue weighted by Gasteiger charge is -2.08. The van der Waals surface area contributed by atoms with Crippen LogP contribution in [0.25, 0.3) is 16.9 Å². The van der Waals surface area contributed by atoms with Gasteiger partial charge in [-0.25, -0.2) is 23.9 Å². The summed E-state index contributed by atoms with van der Waals surface area (Å²) in [5, 5.41) is 10.3. The number of hydrogen-bond acceptors (Lipinski definition) is 8. The third-order valence-electron chi connectivity index (χ3n) is 5.46. The molecule has 0 atom stereocenters. The van der Waals surface area contributed by atoms with Gasteiger partial charge in [0.15, 0.2) is 17.2 Å². The molecule has 0 fully saturated rings. The number of carbonyl (C=O) groups is 1. The Labute approximate surface area is 211 Å². The molecule has 0 saturated carbocycles. The number of amides is 1. The summed E-state index contributed by atoms with van der Waals surface area (Å²) in [5.74, 6) is 0.887. The van der Waals surface area contributed by atoms with Gasteiger partial charge in [-0.1, -0.05) is 18.2 Å². The molecule has 10 nitrogen and oxygen atoms in total. The molecule has 4 aromatic heterocycles. The molecule has 0 saturated heterocycles. The standard InChI is InChI=1S/C26H22FN7O3/c1-36-21-12-16(14-29-26(21)37-2)20-10-11-34-24(31-20)13-23(33-34)32-22-9-5-6-17(30-22)15-28-25(35)18-7-3-4-8-19(18)27/h3-14H,15H2,1-2H3,(H,28,35)(H,30,32,33). The molecule has 37 heavy (non-hydrogen) atoms. The Morgan fingerprint density at radius 3 is 2.68 bits per heavy atom. The summed E-state index contributed by atoms with van der Waals surface area (Å²) in [6.45, 7) is 0.137. The number of anilines is 2. The molecule has 0 spiro atoms. The van der Waals surface area contributed by atoms with Crippen molar-refractivity contribution in [1.29, 1.82) is 0 Å². The fourth-order valence-electron chi connectivity index (χ4n) is 3.66. The first-order chi connectivity index (χ1) is 18.0. The minimum absolute atomic E-state index is 0.0165. The number of halogens is 1. The van der Waals surface area contributed by atoms with Gasteiger partial charge in [-0.3, -0.25) is 4.79 Å². The average molecular weight is 500 g/mol. The van der Waals surface area contributed by atoms with Crippen molar-refractivity contribution in [2.45, 2.75) is 6.54 Å². The summed E-state index contributed by atoms with van der Waals surface area (Å²) in [5.41, 5.74) is 2.65. The number of pyridine rings is 2. The van der Waals surface area contributed by atoms with E-state index in [1.165, 1.54) is 25.3 Å². The zero-order valence-electron chi connectivity index (χ0n) is 20.0. The van der Waals surface area contributed by atoms with Crippen molar-refractivity contribution in [3.63, 3.8) is 0 Å². The van der Waals surface area contributed by atoms with Gasteiger partial charge in [0.25, 0.3) is 11.8 Å². The van der Waals surface area contributed by atoms with Gasteiger partial charge in [-0.15, -0.1) is 5.10 Å². The van der Waals surface area contributed by atoms with Crippen LogP contribution in [0, 0.1) is 5.82 Å². The van der Waals surface area contributed by atoms with Crippen LogP contribution in [0.1, 0.15) is 16.1 Å². The van der Waals surface area contributed by atoms with Crippen molar-refractivity contribution < 1.29 is 18.7 Å². The molecule has 5 rings (SSSR count). The molecule has 0 unspecified atom stereocenters. The highest BCUT2D eigenvalue weighted by atomic mass is 19.1. The molecular formula is C26H22FN7O3. The predicted molar refractivity (Wildman–Crippen MR) is 134 cm³/mol. The number of aromatic nitrogens is 5. The van der Waals surface area contributed by atoms with E-state index in [1.807, 2.05) is 6.07 Å². The first-order valence-electron chi connectivity index (χ1n) is 11.2. The van der Waals surface area contributed by atoms with E-state index in [1.54, 1.807) is 60.4 Å². The lowest BCUT2D eigenvalue weighted by Crippen LogP contribution is -2.24. The maximum Gasteiger partial charge on any atom is 0.256 e. The lowest BCUT2D eigenvalue weighted by atomic mass is 10.2. The maximum atomic E-state index is 13.8. The molecule has 2 N–H and O–H groups in total. The summed E-state index contributed by atoms with van der Waals surface area (Å²) in [7, 11) is 3.08. The van der Waals surface area contributed by atoms with E-state index in [0.29, 0.717) is 40.3 Å². The summed E-state index contributed by atoms with van der Waals surface area (Å²) in [4.78, 5) is 25.7. The molecule has 4 heterocycles. The van der Waals surface area contributed by atoms with Gasteiger partial charge in [-0.2, -0.15) is 0 Å². The minimum Gasteiger partial charge on any atom is -0.491 e. The number of ether oxygens (including phenoxy) is 2. The van der Waals surface area contributed by atoms with Crippen LogP contribution in [0.2, 0.25) is 0 Å². The van der Waals surface area contributed by atoms with Gasteiger partial charge in [0, 0.05) is 24.0 Å². The van der Waals surface area contributed by atoms with Gasteiger partial charge in [-0.05, 0) is 36.4 Å². The normalized spacial score (nSPS) is 10.8. The summed E-state index contributed by atoms with van der Waals surface area (Å²) >= 11 is 0. The summed E-state index contributed by atoms with van der Waals surface area (Å²) in [6, 6.07) is 16.6. The van der Waals surface area contributed by atoms with Crippen molar-refractivity contribution in [3.05, 3.63) is 90.1 Å². The van der Waals surface area contributed by atoms with E-state index < -0.39 is 11.7 Å². The Morgan fingerprint density at radius 1 is 1.00 bits per heavy atom. The Balaban J connectivity index is 1.30. The third kappa shape index (κ3) is 5.15. The smallest absolute Gasteiger partial charge is 0.256 e. The highest BCUT2D eigenvalue weighted by Gasteiger charge is 2.12. The molecule has 186 valence electrons. The van der Waals surface area contributed by atoms with E-state index in [9.17, 15) is 9.18 Å². The molecular weight excluding hydrogens is 477 g/mol. The molecule has 0 radical (unpaired) electrons. The first kappa shape index (κ1) is 23.7. The number of methoxy groups -OCH3 is 2. The van der Waals surface area contributed by atoms with Crippen LogP contribution < -0.4 is 20.1 Å². The number of fused-ring (bicyclic) bond motifs is 1. The maximum absolute atomic E-state index is 13.8. The van der Waals surface area contributed by atoms with Crippen molar-refractivity contribution in [3.8, 4) is 22.9 Å². The largest absolute Gasteiger partial charge is 0.491 e. The van der Waals surface area contributed by atoms with Gasteiger partial charge in [0.2, 0.25) is 0 Å². The fraction of sp³-hybridized carbons (Fsp3) is 0.115. The third-order valence-corrected chi connectivity index (χ3v) is 5.46. The molecule has 5 aromatic rings. The zero-order chi connectivity index (χ0) is 25.8. The molecule has 0 aliphatic rings. The van der Waals surface area contributed by atoms with E-state index in [4.69, 9.17) is 9.47 Å². The molecule has 1 amide bonds. The Morgan fingerprint density at radius 2 is 1.86 bits per heavy atom. The number of rotatable bonds is 8. The average Bonchev–Trinajstić information content (AvgIpc) is 3.33. The number of hydrogen-bond donors (Lipinski definition) is 2. The van der Waals surface area contributed by atoms with Crippen LogP contribution in [0.5, 0.6) is 11.6 Å². The van der Waals surface area contributed by atoms with Crippen molar-refractivity contribution in [2.24, 2.45) is 0 Å². The first-order valence-corrected chi connectivity index (χ1v) is 11.2. The van der Waals surface area contributed by atoms with Crippen molar-refractivity contribution >= 4 is 23.2 Å². The Bertz CT molecular complexity index is 1590. The zero-order valence-corrected chi connectivity index (χ0v) is 20.0. The summed E-state index contributed by atoms with van der Waals surface area (Å²) in [6.07, 6.45) is 3.46. The van der Waals surface area contributed by atoms with Gasteiger partial charge in [0.1, 0.15) is 11.6 Å². The molecule has 0 aliphatic heterocycles. The molecule has 0 bridgehead atoms. The van der Waals surface area contributed by atoms with Crippen LogP contribution in [-0.4, -0.2) is 44.7 Å². The number of nitrogens with one attached hydrogen (secondary N) is 2. The van der Waals surface area contributed by atoms with Crippen molar-refractivity contribution in [2.75, 3.05) is 19.5 Å². The van der Waals surface area contributed by atoms with E-state index in [2.05, 4.69) is 30.7 Å². The quantitative estimate of drug-likeness (QED) is 0.329. The molecule has 0 aliphatic carbocycles. The monoisotopic (exact) mass is 499 g/mol. The second-order valence-corrected chi connectivity index (χ2v) is 7.88. The number of benzene rings is 1. The van der Waals surface area contributed by atoms with E-state index in [-0.39, 0.29) is 12.1 Å². The molecule has 11 heteroatoms. The fourth-order valence-corrected chi connectivity index (χ4v) is 3.66. The van der Waals surface area contributed by atoms with E-state index >= 15 is 0 Å². The van der Waals surface area contributed by atoms with Gasteiger partial charge < -0.3 is 20.1 Å². The van der Waals surface area contributed by atoms with Crippen LogP contribution >= 0.6 is 0 Å². The van der Waals surface area contributed by atoms with E-state index in [0.717, 1.165) is 5.56 Å². The van der Waals surface area contributed by atoms with Gasteiger partial charge >= 0.3 is 0 Å². The second-order valence-electron chi connectivity index (χ2n) is 7.88. The highest BCUT2D eigenvalue weighted by Crippen LogP contribution is 2.29. The highest BCUT2D eigenvalue weighted by molar-refractivity contribution is 5.94. The van der Waals surface area contributed by atoms with Crippen molar-refractivity contribution in [1.82, 2.24) is 29.9 Å². The number of carbonyl (C=O) groups excluding carboxylic acids is 1. The second kappa shape index (κ2) is 10.3. The Kier molecular flexibility index (Phi) is 6.58. The van der Waals surface area contributed by atoms with Crippen LogP contribution in [-0.2, 0) is 6.54 Å². The SMILES string of the molecule is COc1cc(-c2ccn3nc(Nc4cccc(CNC(=O)c5ccccc5F)n4)cc3n2)cnc1OC. The van der Waals surface area contributed by atoms with Crippen LogP contribution in [0.4, 0.5) is 16.0 Å². The topological polar surface area (TPSA) is 116 Å². The van der Waals surface area contributed by atoms with Crippen LogP contribution in [0.3, 0.4) is 0 Å². The van der Waals surface area contributed by atoms with Crippen LogP contribution in [0.15, 0.2) is 73.1 Å². The Hall–Kier alpha value is -5.06. The lowest BCUT2D eigenvalue weighted by molar-refractivity contribution is 0.0946. The predicted octanol–water partition coefficient (Wildman–Crippen LogP) is 4.02. The van der Waals surface area contributed by atoms with Gasteiger partial charge in [0.05, 0.1) is 37.7 Å². The molecule has 1 aromatic carbocycles. The summed E-state index contributed by atoms with van der Waals surface area (Å²) < 4.78 is 26.0. The number of nitrogens with zero attached hydrogens (tertiary/aromatic N) is 5.